The van der Waals surface area contributed by atoms with Crippen LogP contribution >= 0.6 is 0 Å². The van der Waals surface area contributed by atoms with Gasteiger partial charge in [-0.3, -0.25) is 4.79 Å². The van der Waals surface area contributed by atoms with Crippen LogP contribution in [0, 0.1) is 0 Å². The van der Waals surface area contributed by atoms with E-state index in [0.29, 0.717) is 32.3 Å². The van der Waals surface area contributed by atoms with Gasteiger partial charge in [0.1, 0.15) is 12.4 Å². The Bertz CT molecular complexity index is 413. The lowest BCUT2D eigenvalue weighted by Crippen LogP contribution is -2.45. The number of aromatic nitrogens is 3. The molecule has 7 nitrogen and oxygen atoms in total. The van der Waals surface area contributed by atoms with Gasteiger partial charge in [-0.15, -0.1) is 0 Å². The molecular formula is C10H15N5O2. The second-order valence-corrected chi connectivity index (χ2v) is 4.20. The van der Waals surface area contributed by atoms with Gasteiger partial charge in [0.2, 0.25) is 11.9 Å². The molecule has 0 aromatic carbocycles. The molecule has 1 atom stereocenters. The van der Waals surface area contributed by atoms with E-state index in [9.17, 15) is 4.79 Å². The number of hydrogen-bond donors (Lipinski definition) is 1. The molecule has 2 aliphatic heterocycles. The Kier molecular flexibility index (Phi) is 2.68. The van der Waals surface area contributed by atoms with Crippen molar-refractivity contribution in [3.63, 3.8) is 0 Å². The molecule has 92 valence electrons. The molecule has 1 N–H and O–H groups in total. The number of ether oxygens (including phenoxy) is 1. The van der Waals surface area contributed by atoms with Gasteiger partial charge in [-0.25, -0.2) is 4.68 Å². The number of nitrogens with zero attached hydrogens (tertiary/aromatic N) is 4. The van der Waals surface area contributed by atoms with Gasteiger partial charge in [0.25, 0.3) is 0 Å². The van der Waals surface area contributed by atoms with E-state index in [1.165, 1.54) is 6.33 Å². The number of rotatable bonds is 1. The van der Waals surface area contributed by atoms with Crippen molar-refractivity contribution in [2.24, 2.45) is 0 Å². The summed E-state index contributed by atoms with van der Waals surface area (Å²) in [4.78, 5) is 18.3. The number of carbonyl (C=O) groups excluding carboxylic acids is 1. The third-order valence-electron chi connectivity index (χ3n) is 3.18. The molecule has 0 bridgehead atoms. The zero-order valence-electron chi connectivity index (χ0n) is 9.50. The molecule has 0 saturated carbocycles. The number of amides is 1. The summed E-state index contributed by atoms with van der Waals surface area (Å²) in [5, 5.41) is 7.24. The van der Waals surface area contributed by atoms with Crippen LogP contribution in [0.25, 0.3) is 0 Å². The van der Waals surface area contributed by atoms with Gasteiger partial charge in [0.05, 0.1) is 13.2 Å². The molecule has 1 aromatic rings. The van der Waals surface area contributed by atoms with Crippen LogP contribution in [0.3, 0.4) is 0 Å². The van der Waals surface area contributed by atoms with Gasteiger partial charge < -0.3 is 15.0 Å². The van der Waals surface area contributed by atoms with E-state index >= 15 is 0 Å². The third kappa shape index (κ3) is 1.86. The monoisotopic (exact) mass is 237 g/mol. The van der Waals surface area contributed by atoms with Gasteiger partial charge in [-0.2, -0.15) is 10.1 Å². The fourth-order valence-electron chi connectivity index (χ4n) is 2.27. The summed E-state index contributed by atoms with van der Waals surface area (Å²) < 4.78 is 6.93. The predicted octanol–water partition coefficient (Wildman–Crippen LogP) is -0.506. The van der Waals surface area contributed by atoms with Gasteiger partial charge in [0.15, 0.2) is 0 Å². The summed E-state index contributed by atoms with van der Waals surface area (Å²) in [6.07, 6.45) is 2.24. The second-order valence-electron chi connectivity index (χ2n) is 4.20. The fraction of sp³-hybridized carbons (Fsp3) is 0.700. The quantitative estimate of drug-likeness (QED) is 0.712. The molecule has 1 aromatic heterocycles. The van der Waals surface area contributed by atoms with Crippen molar-refractivity contribution in [1.29, 1.82) is 0 Å². The van der Waals surface area contributed by atoms with Crippen molar-refractivity contribution in [2.45, 2.75) is 12.5 Å². The van der Waals surface area contributed by atoms with E-state index in [1.807, 2.05) is 4.90 Å². The highest BCUT2D eigenvalue weighted by atomic mass is 16.5. The van der Waals surface area contributed by atoms with Crippen molar-refractivity contribution in [3.05, 3.63) is 6.33 Å². The SMILES string of the molecule is O=C([C@H]1CCNc2ncnn21)N1CCOCC1. The maximum absolute atomic E-state index is 12.4. The molecule has 3 heterocycles. The van der Waals surface area contributed by atoms with E-state index in [0.717, 1.165) is 13.0 Å². The van der Waals surface area contributed by atoms with Crippen molar-refractivity contribution >= 4 is 11.9 Å². The average Bonchev–Trinajstić information content (AvgIpc) is 2.87. The van der Waals surface area contributed by atoms with Crippen molar-refractivity contribution in [2.75, 3.05) is 38.2 Å². The maximum Gasteiger partial charge on any atom is 0.247 e. The Hall–Kier alpha value is -1.63. The Morgan fingerprint density at radius 3 is 3.12 bits per heavy atom. The lowest BCUT2D eigenvalue weighted by molar-refractivity contribution is -0.139. The molecule has 2 aliphatic rings. The van der Waals surface area contributed by atoms with Crippen LogP contribution in [-0.4, -0.2) is 58.4 Å². The zero-order valence-corrected chi connectivity index (χ0v) is 9.50. The minimum absolute atomic E-state index is 0.126. The highest BCUT2D eigenvalue weighted by molar-refractivity contribution is 5.81. The van der Waals surface area contributed by atoms with Gasteiger partial charge in [-0.1, -0.05) is 0 Å². The Balaban J connectivity index is 1.79. The summed E-state index contributed by atoms with van der Waals surface area (Å²) in [5.41, 5.74) is 0. The van der Waals surface area contributed by atoms with Crippen molar-refractivity contribution < 1.29 is 9.53 Å². The number of nitrogens with one attached hydrogen (secondary N) is 1. The summed E-state index contributed by atoms with van der Waals surface area (Å²) in [6.45, 7) is 3.36. The predicted molar refractivity (Wildman–Crippen MR) is 59.6 cm³/mol. The topological polar surface area (TPSA) is 72.3 Å². The first-order valence-electron chi connectivity index (χ1n) is 5.86. The van der Waals surface area contributed by atoms with Crippen LogP contribution in [0.15, 0.2) is 6.33 Å². The lowest BCUT2D eigenvalue weighted by Gasteiger charge is -2.32. The smallest absolute Gasteiger partial charge is 0.247 e. The zero-order chi connectivity index (χ0) is 11.7. The lowest BCUT2D eigenvalue weighted by atomic mass is 10.1. The molecule has 1 fully saturated rings. The molecule has 17 heavy (non-hydrogen) atoms. The first-order valence-corrected chi connectivity index (χ1v) is 5.86. The summed E-state index contributed by atoms with van der Waals surface area (Å²) in [6, 6.07) is -0.216. The van der Waals surface area contributed by atoms with Crippen LogP contribution in [0.5, 0.6) is 0 Å². The summed E-state index contributed by atoms with van der Waals surface area (Å²) in [7, 11) is 0. The molecule has 7 heteroatoms. The van der Waals surface area contributed by atoms with Crippen molar-refractivity contribution in [1.82, 2.24) is 19.7 Å². The standard InChI is InChI=1S/C10H15N5O2/c16-9(14-3-5-17-6-4-14)8-1-2-11-10-12-7-13-15(8)10/h7-8H,1-6H2,(H,11,12,13)/t8-/m1/s1. The molecule has 0 spiro atoms. The minimum Gasteiger partial charge on any atom is -0.378 e. The van der Waals surface area contributed by atoms with Crippen LogP contribution in [0.1, 0.15) is 12.5 Å². The van der Waals surface area contributed by atoms with Crippen LogP contribution < -0.4 is 5.32 Å². The Morgan fingerprint density at radius 1 is 1.47 bits per heavy atom. The Labute approximate surface area is 98.8 Å². The van der Waals surface area contributed by atoms with Crippen LogP contribution in [-0.2, 0) is 9.53 Å². The second kappa shape index (κ2) is 4.33. The van der Waals surface area contributed by atoms with E-state index in [1.54, 1.807) is 4.68 Å². The molecule has 0 radical (unpaired) electrons. The minimum atomic E-state index is -0.216. The number of anilines is 1. The van der Waals surface area contributed by atoms with Gasteiger partial charge >= 0.3 is 0 Å². The third-order valence-corrected chi connectivity index (χ3v) is 3.18. The fourth-order valence-corrected chi connectivity index (χ4v) is 2.27. The van der Waals surface area contributed by atoms with Gasteiger partial charge in [0, 0.05) is 19.6 Å². The normalized spacial score (nSPS) is 24.0. The number of hydrogen-bond acceptors (Lipinski definition) is 5. The number of morpholine rings is 1. The van der Waals surface area contributed by atoms with E-state index < -0.39 is 0 Å². The largest absolute Gasteiger partial charge is 0.378 e. The first-order chi connectivity index (χ1) is 8.36. The first kappa shape index (κ1) is 10.5. The molecule has 3 rings (SSSR count). The van der Waals surface area contributed by atoms with E-state index in [-0.39, 0.29) is 11.9 Å². The highest BCUT2D eigenvalue weighted by Gasteiger charge is 2.31. The Morgan fingerprint density at radius 2 is 2.29 bits per heavy atom. The van der Waals surface area contributed by atoms with E-state index in [4.69, 9.17) is 4.74 Å². The summed E-state index contributed by atoms with van der Waals surface area (Å²) in [5.74, 6) is 0.810. The molecular weight excluding hydrogens is 222 g/mol. The number of fused-ring (bicyclic) bond motifs is 1. The molecule has 0 aliphatic carbocycles. The molecule has 1 saturated heterocycles. The van der Waals surface area contributed by atoms with E-state index in [2.05, 4.69) is 15.4 Å². The average molecular weight is 237 g/mol. The molecule has 0 unspecified atom stereocenters. The van der Waals surface area contributed by atoms with Crippen LogP contribution in [0.2, 0.25) is 0 Å². The van der Waals surface area contributed by atoms with Crippen molar-refractivity contribution in [3.8, 4) is 0 Å². The maximum atomic E-state index is 12.4. The number of carbonyl (C=O) groups is 1. The highest BCUT2D eigenvalue weighted by Crippen LogP contribution is 2.22. The molecule has 1 amide bonds. The van der Waals surface area contributed by atoms with Crippen LogP contribution in [0.4, 0.5) is 5.95 Å². The van der Waals surface area contributed by atoms with Gasteiger partial charge in [-0.05, 0) is 6.42 Å². The summed E-state index contributed by atoms with van der Waals surface area (Å²) >= 11 is 0.